The highest BCUT2D eigenvalue weighted by molar-refractivity contribution is 6.33. The Morgan fingerprint density at radius 1 is 1.42 bits per heavy atom. The van der Waals surface area contributed by atoms with Gasteiger partial charge in [-0.2, -0.15) is 0 Å². The molecule has 2 N–H and O–H groups in total. The average Bonchev–Trinajstić information content (AvgIpc) is 2.76. The van der Waals surface area contributed by atoms with E-state index in [-0.39, 0.29) is 23.8 Å². The summed E-state index contributed by atoms with van der Waals surface area (Å²) in [5, 5.41) is 11.4. The average molecular weight is 288 g/mol. The summed E-state index contributed by atoms with van der Waals surface area (Å²) in [4.78, 5) is 22.9. The number of hydrogen-bond donors (Lipinski definition) is 2. The van der Waals surface area contributed by atoms with E-state index < -0.39 is 29.7 Å². The Kier molecular flexibility index (Phi) is 4.01. The number of rotatable bonds is 3. The van der Waals surface area contributed by atoms with Gasteiger partial charge in [0.25, 0.3) is 5.91 Å². The van der Waals surface area contributed by atoms with Gasteiger partial charge in [0.2, 0.25) is 0 Å². The van der Waals surface area contributed by atoms with Crippen molar-refractivity contribution < 1.29 is 23.8 Å². The maximum atomic E-state index is 13.5. The largest absolute Gasteiger partial charge is 0.481 e. The monoisotopic (exact) mass is 287 g/mol. The Morgan fingerprint density at radius 2 is 2.16 bits per heavy atom. The van der Waals surface area contributed by atoms with Crippen molar-refractivity contribution in [1.29, 1.82) is 0 Å². The number of amides is 1. The molecule has 7 heteroatoms. The maximum Gasteiger partial charge on any atom is 0.311 e. The summed E-state index contributed by atoms with van der Waals surface area (Å²) < 4.78 is 18.5. The predicted octanol–water partition coefficient (Wildman–Crippen LogP) is 1.31. The number of aliphatic carboxylic acids is 1. The molecule has 1 aromatic carbocycles. The molecule has 0 radical (unpaired) electrons. The minimum absolute atomic E-state index is 0.0191. The van der Waals surface area contributed by atoms with Gasteiger partial charge in [0.05, 0.1) is 29.8 Å². The molecule has 0 bridgehead atoms. The van der Waals surface area contributed by atoms with Crippen LogP contribution in [0.2, 0.25) is 5.02 Å². The Balaban J connectivity index is 2.15. The number of halogens is 2. The smallest absolute Gasteiger partial charge is 0.311 e. The number of carboxylic acid groups (broad SMARTS) is 1. The minimum Gasteiger partial charge on any atom is -0.481 e. The molecule has 1 fully saturated rings. The summed E-state index contributed by atoms with van der Waals surface area (Å²) in [6, 6.07) is 3.19. The van der Waals surface area contributed by atoms with Crippen molar-refractivity contribution in [2.24, 2.45) is 5.92 Å². The van der Waals surface area contributed by atoms with Gasteiger partial charge >= 0.3 is 5.97 Å². The Hall–Kier alpha value is -1.66. The van der Waals surface area contributed by atoms with Gasteiger partial charge in [-0.3, -0.25) is 9.59 Å². The molecule has 1 amide bonds. The van der Waals surface area contributed by atoms with Crippen molar-refractivity contribution in [3.8, 4) is 0 Å². The molecule has 102 valence electrons. The van der Waals surface area contributed by atoms with Gasteiger partial charge in [-0.1, -0.05) is 17.7 Å². The molecule has 2 rings (SSSR count). The van der Waals surface area contributed by atoms with Crippen LogP contribution in [0.25, 0.3) is 0 Å². The fraction of sp³-hybridized carbons (Fsp3) is 0.333. The lowest BCUT2D eigenvalue weighted by molar-refractivity contribution is -0.142. The van der Waals surface area contributed by atoms with Crippen molar-refractivity contribution in [2.45, 2.75) is 6.04 Å². The summed E-state index contributed by atoms with van der Waals surface area (Å²) >= 11 is 5.76. The number of carboxylic acids is 1. The number of ether oxygens (including phenoxy) is 1. The predicted molar refractivity (Wildman–Crippen MR) is 64.6 cm³/mol. The van der Waals surface area contributed by atoms with E-state index in [1.807, 2.05) is 0 Å². The van der Waals surface area contributed by atoms with Gasteiger partial charge in [0.1, 0.15) is 11.7 Å². The molecular weight excluding hydrogens is 277 g/mol. The van der Waals surface area contributed by atoms with Crippen molar-refractivity contribution in [3.05, 3.63) is 34.6 Å². The third-order valence-corrected chi connectivity index (χ3v) is 3.22. The van der Waals surface area contributed by atoms with Gasteiger partial charge in [0.15, 0.2) is 0 Å². The molecule has 1 saturated heterocycles. The van der Waals surface area contributed by atoms with Gasteiger partial charge < -0.3 is 15.2 Å². The van der Waals surface area contributed by atoms with Crippen LogP contribution < -0.4 is 5.32 Å². The first-order valence-corrected chi connectivity index (χ1v) is 5.94. The molecule has 0 saturated carbocycles. The number of carbonyl (C=O) groups is 2. The number of nitrogens with one attached hydrogen (secondary N) is 1. The summed E-state index contributed by atoms with van der Waals surface area (Å²) in [7, 11) is 0. The van der Waals surface area contributed by atoms with Crippen LogP contribution in [0.5, 0.6) is 0 Å². The van der Waals surface area contributed by atoms with Gasteiger partial charge in [-0.05, 0) is 12.1 Å². The zero-order valence-electron chi connectivity index (χ0n) is 9.73. The van der Waals surface area contributed by atoms with Crippen LogP contribution in [0.4, 0.5) is 4.39 Å². The highest BCUT2D eigenvalue weighted by Crippen LogP contribution is 2.20. The number of hydrogen-bond acceptors (Lipinski definition) is 3. The Labute approximate surface area is 113 Å². The molecule has 1 heterocycles. The zero-order chi connectivity index (χ0) is 14.0. The van der Waals surface area contributed by atoms with E-state index in [0.29, 0.717) is 0 Å². The highest BCUT2D eigenvalue weighted by atomic mass is 35.5. The van der Waals surface area contributed by atoms with Crippen LogP contribution in [0.1, 0.15) is 10.4 Å². The molecule has 0 aliphatic carbocycles. The van der Waals surface area contributed by atoms with Crippen molar-refractivity contribution in [3.63, 3.8) is 0 Å². The summed E-state index contributed by atoms with van der Waals surface area (Å²) in [5.74, 6) is -3.41. The minimum atomic E-state index is -1.07. The molecule has 1 aliphatic rings. The molecule has 19 heavy (non-hydrogen) atoms. The van der Waals surface area contributed by atoms with Crippen LogP contribution >= 0.6 is 11.6 Å². The second-order valence-electron chi connectivity index (χ2n) is 4.16. The SMILES string of the molecule is O=C(NC1COCC1C(=O)O)c1c(F)cccc1Cl. The summed E-state index contributed by atoms with van der Waals surface area (Å²) in [6.45, 7) is 0.0973. The third kappa shape index (κ3) is 2.85. The van der Waals surface area contributed by atoms with Crippen molar-refractivity contribution >= 4 is 23.5 Å². The lowest BCUT2D eigenvalue weighted by Crippen LogP contribution is -2.43. The quantitative estimate of drug-likeness (QED) is 0.879. The van der Waals surface area contributed by atoms with E-state index in [1.165, 1.54) is 12.1 Å². The van der Waals surface area contributed by atoms with E-state index in [2.05, 4.69) is 5.32 Å². The zero-order valence-corrected chi connectivity index (χ0v) is 10.5. The van der Waals surface area contributed by atoms with Crippen LogP contribution in [0, 0.1) is 11.7 Å². The summed E-state index contributed by atoms with van der Waals surface area (Å²) in [5.41, 5.74) is -0.291. The molecule has 5 nitrogen and oxygen atoms in total. The second kappa shape index (κ2) is 5.54. The molecular formula is C12H11ClFNO4. The Morgan fingerprint density at radius 3 is 2.79 bits per heavy atom. The van der Waals surface area contributed by atoms with E-state index in [4.69, 9.17) is 21.4 Å². The van der Waals surface area contributed by atoms with E-state index in [1.54, 1.807) is 0 Å². The Bertz CT molecular complexity index is 502. The first-order valence-electron chi connectivity index (χ1n) is 5.56. The number of carbonyl (C=O) groups excluding carboxylic acids is 1. The van der Waals surface area contributed by atoms with Crippen LogP contribution in [-0.4, -0.2) is 36.2 Å². The molecule has 1 aliphatic heterocycles. The van der Waals surface area contributed by atoms with Gasteiger partial charge in [-0.25, -0.2) is 4.39 Å². The van der Waals surface area contributed by atoms with Crippen LogP contribution in [-0.2, 0) is 9.53 Å². The van der Waals surface area contributed by atoms with E-state index >= 15 is 0 Å². The summed E-state index contributed by atoms with van der Waals surface area (Å²) in [6.07, 6.45) is 0. The first-order chi connectivity index (χ1) is 9.00. The molecule has 2 unspecified atom stereocenters. The molecule has 0 aromatic heterocycles. The van der Waals surface area contributed by atoms with Gasteiger partial charge in [0, 0.05) is 0 Å². The third-order valence-electron chi connectivity index (χ3n) is 2.90. The standard InChI is InChI=1S/C12H11ClFNO4/c13-7-2-1-3-8(14)10(7)11(16)15-9-5-19-4-6(9)12(17)18/h1-3,6,9H,4-5H2,(H,15,16)(H,17,18). The van der Waals surface area contributed by atoms with E-state index in [9.17, 15) is 14.0 Å². The molecule has 2 atom stereocenters. The topological polar surface area (TPSA) is 75.6 Å². The van der Waals surface area contributed by atoms with E-state index in [0.717, 1.165) is 6.07 Å². The van der Waals surface area contributed by atoms with Crippen LogP contribution in [0.15, 0.2) is 18.2 Å². The van der Waals surface area contributed by atoms with Crippen molar-refractivity contribution in [2.75, 3.05) is 13.2 Å². The van der Waals surface area contributed by atoms with Crippen molar-refractivity contribution in [1.82, 2.24) is 5.32 Å². The molecule has 0 spiro atoms. The number of benzene rings is 1. The van der Waals surface area contributed by atoms with Crippen LogP contribution in [0.3, 0.4) is 0 Å². The normalized spacial score (nSPS) is 22.2. The lowest BCUT2D eigenvalue weighted by atomic mass is 10.0. The first kappa shape index (κ1) is 13.8. The fourth-order valence-corrected chi connectivity index (χ4v) is 2.14. The molecule has 1 aromatic rings. The maximum absolute atomic E-state index is 13.5. The highest BCUT2D eigenvalue weighted by Gasteiger charge is 2.35. The lowest BCUT2D eigenvalue weighted by Gasteiger charge is -2.16. The fourth-order valence-electron chi connectivity index (χ4n) is 1.90. The van der Waals surface area contributed by atoms with Gasteiger partial charge in [-0.15, -0.1) is 0 Å². The second-order valence-corrected chi connectivity index (χ2v) is 4.57.